The van der Waals surface area contributed by atoms with Gasteiger partial charge in [-0.2, -0.15) is 0 Å². The molecule has 0 bridgehead atoms. The fraction of sp³-hybridized carbons (Fsp3) is 0.750. The van der Waals surface area contributed by atoms with Crippen molar-refractivity contribution in [3.8, 4) is 0 Å². The van der Waals surface area contributed by atoms with Crippen molar-refractivity contribution >= 4 is 17.8 Å². The van der Waals surface area contributed by atoms with E-state index < -0.39 is 0 Å². The lowest BCUT2D eigenvalue weighted by Gasteiger charge is -2.13. The number of rotatable bonds is 35. The number of benzene rings is 1. The van der Waals surface area contributed by atoms with Crippen molar-refractivity contribution in [3.63, 3.8) is 0 Å². The first kappa shape index (κ1) is 42.7. The summed E-state index contributed by atoms with van der Waals surface area (Å²) in [5.74, 6) is -0.706. The van der Waals surface area contributed by atoms with Gasteiger partial charge in [0.25, 0.3) is 11.8 Å². The van der Waals surface area contributed by atoms with E-state index in [-0.39, 0.29) is 37.5 Å². The second-order valence-corrected chi connectivity index (χ2v) is 11.3. The van der Waals surface area contributed by atoms with Gasteiger partial charge in [0, 0.05) is 6.42 Å². The van der Waals surface area contributed by atoms with E-state index in [1.54, 1.807) is 24.3 Å². The molecular formula is C36H59NO12. The van der Waals surface area contributed by atoms with Crippen LogP contribution in [0.25, 0.3) is 0 Å². The van der Waals surface area contributed by atoms with Crippen molar-refractivity contribution in [3.05, 3.63) is 35.4 Å². The van der Waals surface area contributed by atoms with Gasteiger partial charge in [0.05, 0.1) is 123 Å². The van der Waals surface area contributed by atoms with Crippen molar-refractivity contribution < 1.29 is 57.0 Å². The third-order valence-corrected chi connectivity index (χ3v) is 7.42. The Balaban J connectivity index is 1.19. The highest BCUT2D eigenvalue weighted by atomic mass is 16.6. The third-order valence-electron chi connectivity index (χ3n) is 7.42. The second-order valence-electron chi connectivity index (χ2n) is 11.3. The van der Waals surface area contributed by atoms with Crippen LogP contribution in [-0.2, 0) is 47.4 Å². The van der Waals surface area contributed by atoms with Crippen LogP contribution in [0, 0.1) is 0 Å². The number of ether oxygens (including phenoxy) is 9. The van der Waals surface area contributed by atoms with E-state index in [9.17, 15) is 14.4 Å². The lowest BCUT2D eigenvalue weighted by atomic mass is 10.1. The molecule has 280 valence electrons. The van der Waals surface area contributed by atoms with Crippen molar-refractivity contribution in [1.82, 2.24) is 4.90 Å². The van der Waals surface area contributed by atoms with Gasteiger partial charge in [0.1, 0.15) is 6.61 Å². The molecule has 1 aromatic rings. The molecular weight excluding hydrogens is 638 g/mol. The fourth-order valence-electron chi connectivity index (χ4n) is 4.75. The molecule has 0 aromatic heterocycles. The molecule has 0 atom stereocenters. The van der Waals surface area contributed by atoms with Crippen LogP contribution in [0.1, 0.15) is 79.0 Å². The monoisotopic (exact) mass is 697 g/mol. The van der Waals surface area contributed by atoms with Crippen LogP contribution in [0.4, 0.5) is 0 Å². The van der Waals surface area contributed by atoms with E-state index in [0.717, 1.165) is 12.8 Å². The first-order valence-corrected chi connectivity index (χ1v) is 17.9. The number of carbonyl (C=O) groups is 3. The summed E-state index contributed by atoms with van der Waals surface area (Å²) >= 11 is 0. The number of unbranched alkanes of at least 4 members (excludes halogenated alkanes) is 6. The minimum atomic E-state index is -0.279. The largest absolute Gasteiger partial charge is 0.463 e. The molecule has 1 aromatic carbocycles. The molecule has 2 amide bonds. The molecule has 13 nitrogen and oxygen atoms in total. The highest BCUT2D eigenvalue weighted by molar-refractivity contribution is 6.21. The quantitative estimate of drug-likeness (QED) is 0.0574. The van der Waals surface area contributed by atoms with Gasteiger partial charge < -0.3 is 42.6 Å². The Morgan fingerprint density at radius 1 is 0.490 bits per heavy atom. The molecule has 1 aliphatic heterocycles. The zero-order chi connectivity index (χ0) is 35.0. The van der Waals surface area contributed by atoms with E-state index in [2.05, 4.69) is 6.92 Å². The van der Waals surface area contributed by atoms with E-state index in [4.69, 9.17) is 42.6 Å². The van der Waals surface area contributed by atoms with Gasteiger partial charge in [0.2, 0.25) is 0 Å². The molecule has 0 aliphatic carbocycles. The summed E-state index contributed by atoms with van der Waals surface area (Å²) in [5, 5.41) is 0. The Morgan fingerprint density at radius 2 is 0.837 bits per heavy atom. The molecule has 13 heteroatoms. The maximum atomic E-state index is 12.3. The van der Waals surface area contributed by atoms with Crippen molar-refractivity contribution in [2.24, 2.45) is 0 Å². The van der Waals surface area contributed by atoms with Crippen LogP contribution in [0.3, 0.4) is 0 Å². The third kappa shape index (κ3) is 21.4. The molecule has 2 rings (SSSR count). The van der Waals surface area contributed by atoms with E-state index in [1.807, 2.05) is 0 Å². The number of hydrogen-bond acceptors (Lipinski definition) is 12. The first-order valence-electron chi connectivity index (χ1n) is 17.9. The minimum Gasteiger partial charge on any atom is -0.463 e. The van der Waals surface area contributed by atoms with Crippen LogP contribution in [0.5, 0.6) is 0 Å². The molecule has 0 fully saturated rings. The average Bonchev–Trinajstić information content (AvgIpc) is 3.35. The van der Waals surface area contributed by atoms with Gasteiger partial charge in [-0.05, 0) is 18.6 Å². The van der Waals surface area contributed by atoms with E-state index in [0.29, 0.717) is 117 Å². The van der Waals surface area contributed by atoms with Gasteiger partial charge in [-0.25, -0.2) is 0 Å². The summed E-state index contributed by atoms with van der Waals surface area (Å²) in [5.41, 5.74) is 0.882. The van der Waals surface area contributed by atoms with E-state index >= 15 is 0 Å². The molecule has 0 N–H and O–H groups in total. The molecule has 49 heavy (non-hydrogen) atoms. The molecule has 0 spiro atoms. The van der Waals surface area contributed by atoms with Crippen LogP contribution >= 0.6 is 0 Å². The Morgan fingerprint density at radius 3 is 1.24 bits per heavy atom. The first-order chi connectivity index (χ1) is 24.1. The van der Waals surface area contributed by atoms with Gasteiger partial charge >= 0.3 is 5.97 Å². The number of fused-ring (bicyclic) bond motifs is 1. The average molecular weight is 698 g/mol. The maximum Gasteiger partial charge on any atom is 0.305 e. The Labute approximate surface area is 292 Å². The lowest BCUT2D eigenvalue weighted by molar-refractivity contribution is -0.145. The smallest absolute Gasteiger partial charge is 0.305 e. The van der Waals surface area contributed by atoms with E-state index in [1.165, 1.54) is 37.0 Å². The molecule has 1 heterocycles. The summed E-state index contributed by atoms with van der Waals surface area (Å²) < 4.78 is 48.9. The van der Waals surface area contributed by atoms with Crippen LogP contribution in [0.15, 0.2) is 24.3 Å². The number of amides is 2. The van der Waals surface area contributed by atoms with Crippen molar-refractivity contribution in [2.45, 2.75) is 58.3 Å². The second kappa shape index (κ2) is 30.3. The minimum absolute atomic E-state index is 0.148. The summed E-state index contributed by atoms with van der Waals surface area (Å²) in [6, 6.07) is 6.82. The molecule has 0 unspecified atom stereocenters. The summed E-state index contributed by atoms with van der Waals surface area (Å²) in [6.07, 6.45) is 8.75. The normalized spacial score (nSPS) is 12.6. The molecule has 0 saturated carbocycles. The fourth-order valence-corrected chi connectivity index (χ4v) is 4.75. The summed E-state index contributed by atoms with van der Waals surface area (Å²) in [4.78, 5) is 37.5. The maximum absolute atomic E-state index is 12.3. The topological polar surface area (TPSA) is 138 Å². The standard InChI is InChI=1S/C36H59NO12/c1-2-3-4-5-6-7-8-13-34(38)49-31-30-48-29-28-47-27-26-46-25-24-45-23-22-44-21-20-43-19-18-42-17-16-41-15-14-37-35(39)32-11-9-10-12-33(32)36(37)40/h9-12H,2-8,13-31H2,1H3. The summed E-state index contributed by atoms with van der Waals surface area (Å²) in [7, 11) is 0. The van der Waals surface area contributed by atoms with Gasteiger partial charge in [-0.3, -0.25) is 19.3 Å². The number of nitrogens with zero attached hydrogens (tertiary/aromatic N) is 1. The Hall–Kier alpha value is -2.49. The summed E-state index contributed by atoms with van der Waals surface area (Å²) in [6.45, 7) is 9.64. The highest BCUT2D eigenvalue weighted by Crippen LogP contribution is 2.21. The SMILES string of the molecule is CCCCCCCCCC(=O)OCCOCCOCCOCCOCCOCCOCCOCCOCCN1C(=O)c2ccccc2C1=O. The molecule has 1 aliphatic rings. The number of esters is 1. The van der Waals surface area contributed by atoms with Crippen LogP contribution < -0.4 is 0 Å². The lowest BCUT2D eigenvalue weighted by Crippen LogP contribution is -2.33. The predicted molar refractivity (Wildman–Crippen MR) is 182 cm³/mol. The van der Waals surface area contributed by atoms with Gasteiger partial charge in [0.15, 0.2) is 0 Å². The Kier molecular flexibility index (Phi) is 26.4. The highest BCUT2D eigenvalue weighted by Gasteiger charge is 2.34. The van der Waals surface area contributed by atoms with Crippen molar-refractivity contribution in [1.29, 1.82) is 0 Å². The van der Waals surface area contributed by atoms with Gasteiger partial charge in [-0.15, -0.1) is 0 Å². The van der Waals surface area contributed by atoms with Gasteiger partial charge in [-0.1, -0.05) is 57.6 Å². The number of carbonyl (C=O) groups excluding carboxylic acids is 3. The number of hydrogen-bond donors (Lipinski definition) is 0. The zero-order valence-corrected chi connectivity index (χ0v) is 29.5. The van der Waals surface area contributed by atoms with Crippen LogP contribution in [0.2, 0.25) is 0 Å². The zero-order valence-electron chi connectivity index (χ0n) is 29.5. The molecule has 0 radical (unpaired) electrons. The number of imide groups is 1. The Bertz CT molecular complexity index is 960. The molecule has 0 saturated heterocycles. The predicted octanol–water partition coefficient (Wildman–Crippen LogP) is 4.10. The van der Waals surface area contributed by atoms with Crippen LogP contribution in [-0.4, -0.2) is 142 Å². The van der Waals surface area contributed by atoms with Crippen molar-refractivity contribution in [2.75, 3.05) is 119 Å².